The number of methoxy groups -OCH3 is 1. The van der Waals surface area contributed by atoms with Crippen molar-refractivity contribution in [2.45, 2.75) is 45.1 Å². The van der Waals surface area contributed by atoms with Gasteiger partial charge in [-0.15, -0.1) is 0 Å². The molecule has 0 aromatic carbocycles. The summed E-state index contributed by atoms with van der Waals surface area (Å²) < 4.78 is 4.70. The highest BCUT2D eigenvalue weighted by atomic mass is 16.5. The van der Waals surface area contributed by atoms with Crippen LogP contribution in [0.3, 0.4) is 0 Å². The van der Waals surface area contributed by atoms with Gasteiger partial charge in [0.1, 0.15) is 6.61 Å². The lowest BCUT2D eigenvalue weighted by atomic mass is 9.91. The number of hydrogen-bond acceptors (Lipinski definition) is 3. The third-order valence-corrected chi connectivity index (χ3v) is 2.49. The molecular weight excluding hydrogens is 168 g/mol. The van der Waals surface area contributed by atoms with E-state index >= 15 is 0 Å². The molecule has 3 heteroatoms. The summed E-state index contributed by atoms with van der Waals surface area (Å²) in [6.07, 6.45) is 2.35. The van der Waals surface area contributed by atoms with Crippen LogP contribution in [0.15, 0.2) is 0 Å². The van der Waals surface area contributed by atoms with E-state index in [4.69, 9.17) is 4.74 Å². The first-order valence-electron chi connectivity index (χ1n) is 4.81. The minimum absolute atomic E-state index is 0.0582. The lowest BCUT2D eigenvalue weighted by molar-refractivity contribution is -0.124. The molecular formula is C10H20O3. The third kappa shape index (κ3) is 5.01. The van der Waals surface area contributed by atoms with Crippen LogP contribution in [0.5, 0.6) is 0 Å². The quantitative estimate of drug-likeness (QED) is 0.659. The highest BCUT2D eigenvalue weighted by molar-refractivity contribution is 5.79. The first-order chi connectivity index (χ1) is 6.08. The summed E-state index contributed by atoms with van der Waals surface area (Å²) in [5.74, 6) is 0.0582. The van der Waals surface area contributed by atoms with Crippen molar-refractivity contribution in [3.8, 4) is 0 Å². The zero-order chi connectivity index (χ0) is 10.3. The fourth-order valence-corrected chi connectivity index (χ4v) is 1.21. The molecule has 0 saturated carbocycles. The summed E-state index contributed by atoms with van der Waals surface area (Å²) in [5, 5.41) is 9.85. The summed E-state index contributed by atoms with van der Waals surface area (Å²) >= 11 is 0. The third-order valence-electron chi connectivity index (χ3n) is 2.49. The second-order valence-corrected chi connectivity index (χ2v) is 3.40. The molecule has 1 N–H and O–H groups in total. The van der Waals surface area contributed by atoms with Gasteiger partial charge in [-0.05, 0) is 19.3 Å². The SMILES string of the molecule is CCC(O)(CC)CCC(=O)COC. The molecule has 3 nitrogen and oxygen atoms in total. The van der Waals surface area contributed by atoms with Crippen molar-refractivity contribution < 1.29 is 14.6 Å². The van der Waals surface area contributed by atoms with Crippen molar-refractivity contribution in [3.05, 3.63) is 0 Å². The van der Waals surface area contributed by atoms with Crippen LogP contribution >= 0.6 is 0 Å². The first kappa shape index (κ1) is 12.6. The molecule has 0 aliphatic rings. The zero-order valence-corrected chi connectivity index (χ0v) is 8.80. The van der Waals surface area contributed by atoms with E-state index in [0.29, 0.717) is 25.7 Å². The fourth-order valence-electron chi connectivity index (χ4n) is 1.21. The second kappa shape index (κ2) is 6.11. The molecule has 0 bridgehead atoms. The van der Waals surface area contributed by atoms with Gasteiger partial charge in [-0.3, -0.25) is 4.79 Å². The van der Waals surface area contributed by atoms with E-state index in [2.05, 4.69) is 0 Å². The molecule has 0 atom stereocenters. The average Bonchev–Trinajstić information content (AvgIpc) is 2.15. The molecule has 0 fully saturated rings. The van der Waals surface area contributed by atoms with Crippen molar-refractivity contribution in [1.29, 1.82) is 0 Å². The molecule has 0 amide bonds. The van der Waals surface area contributed by atoms with Gasteiger partial charge in [-0.2, -0.15) is 0 Å². The lowest BCUT2D eigenvalue weighted by Crippen LogP contribution is -2.27. The van der Waals surface area contributed by atoms with E-state index in [1.165, 1.54) is 7.11 Å². The van der Waals surface area contributed by atoms with E-state index in [1.54, 1.807) is 0 Å². The van der Waals surface area contributed by atoms with Gasteiger partial charge in [-0.25, -0.2) is 0 Å². The van der Waals surface area contributed by atoms with E-state index in [-0.39, 0.29) is 12.4 Å². The Morgan fingerprint density at radius 3 is 2.31 bits per heavy atom. The van der Waals surface area contributed by atoms with Crippen LogP contribution in [0.25, 0.3) is 0 Å². The molecule has 13 heavy (non-hydrogen) atoms. The number of carbonyl (C=O) groups excluding carboxylic acids is 1. The van der Waals surface area contributed by atoms with Gasteiger partial charge in [0.25, 0.3) is 0 Å². The van der Waals surface area contributed by atoms with E-state index in [1.807, 2.05) is 13.8 Å². The van der Waals surface area contributed by atoms with Crippen molar-refractivity contribution in [2.75, 3.05) is 13.7 Å². The minimum atomic E-state index is -0.663. The van der Waals surface area contributed by atoms with Gasteiger partial charge in [0, 0.05) is 13.5 Å². The normalized spacial score (nSPS) is 11.7. The average molecular weight is 188 g/mol. The Labute approximate surface area is 80.1 Å². The molecule has 0 rings (SSSR count). The first-order valence-corrected chi connectivity index (χ1v) is 4.81. The number of rotatable bonds is 7. The van der Waals surface area contributed by atoms with Gasteiger partial charge < -0.3 is 9.84 Å². The van der Waals surface area contributed by atoms with E-state index in [9.17, 15) is 9.90 Å². The Morgan fingerprint density at radius 1 is 1.38 bits per heavy atom. The molecule has 0 radical (unpaired) electrons. The number of hydrogen-bond donors (Lipinski definition) is 1. The smallest absolute Gasteiger partial charge is 0.158 e. The predicted octanol–water partition coefficient (Wildman–Crippen LogP) is 1.53. The zero-order valence-electron chi connectivity index (χ0n) is 8.80. The molecule has 0 heterocycles. The fraction of sp³-hybridized carbons (Fsp3) is 0.900. The maximum atomic E-state index is 11.1. The van der Waals surface area contributed by atoms with Crippen molar-refractivity contribution in [2.24, 2.45) is 0 Å². The molecule has 0 aliphatic carbocycles. The van der Waals surface area contributed by atoms with E-state index in [0.717, 1.165) is 0 Å². The van der Waals surface area contributed by atoms with Crippen LogP contribution in [-0.2, 0) is 9.53 Å². The van der Waals surface area contributed by atoms with Gasteiger partial charge in [-0.1, -0.05) is 13.8 Å². The minimum Gasteiger partial charge on any atom is -0.390 e. The Balaban J connectivity index is 3.78. The second-order valence-electron chi connectivity index (χ2n) is 3.40. The highest BCUT2D eigenvalue weighted by Gasteiger charge is 2.22. The molecule has 0 aliphatic heterocycles. The number of ketones is 1. The number of Topliss-reactive ketones (excluding diaryl/α,β-unsaturated/α-hetero) is 1. The van der Waals surface area contributed by atoms with Crippen LogP contribution in [0.4, 0.5) is 0 Å². The monoisotopic (exact) mass is 188 g/mol. The largest absolute Gasteiger partial charge is 0.390 e. The molecule has 0 saturated heterocycles. The van der Waals surface area contributed by atoms with Crippen molar-refractivity contribution >= 4 is 5.78 Å². The van der Waals surface area contributed by atoms with Crippen LogP contribution in [-0.4, -0.2) is 30.2 Å². The number of ether oxygens (including phenoxy) is 1. The standard InChI is InChI=1S/C10H20O3/c1-4-10(12,5-2)7-6-9(11)8-13-3/h12H,4-8H2,1-3H3. The Kier molecular flexibility index (Phi) is 5.91. The van der Waals surface area contributed by atoms with E-state index < -0.39 is 5.60 Å². The maximum Gasteiger partial charge on any atom is 0.158 e. The van der Waals surface area contributed by atoms with Crippen LogP contribution in [0.1, 0.15) is 39.5 Å². The van der Waals surface area contributed by atoms with Crippen LogP contribution in [0, 0.1) is 0 Å². The van der Waals surface area contributed by atoms with Crippen molar-refractivity contribution in [3.63, 3.8) is 0 Å². The molecule has 0 unspecified atom stereocenters. The van der Waals surface area contributed by atoms with Gasteiger partial charge in [0.2, 0.25) is 0 Å². The van der Waals surface area contributed by atoms with Crippen LogP contribution < -0.4 is 0 Å². The highest BCUT2D eigenvalue weighted by Crippen LogP contribution is 2.20. The molecule has 0 aromatic rings. The van der Waals surface area contributed by atoms with Gasteiger partial charge in [0.15, 0.2) is 5.78 Å². The molecule has 0 aromatic heterocycles. The number of aliphatic hydroxyl groups is 1. The Bertz CT molecular complexity index is 150. The predicted molar refractivity (Wildman–Crippen MR) is 51.6 cm³/mol. The molecule has 78 valence electrons. The summed E-state index contributed by atoms with van der Waals surface area (Å²) in [4.78, 5) is 11.1. The summed E-state index contributed by atoms with van der Waals surface area (Å²) in [5.41, 5.74) is -0.663. The lowest BCUT2D eigenvalue weighted by Gasteiger charge is -2.24. The molecule has 0 spiro atoms. The topological polar surface area (TPSA) is 46.5 Å². The number of carbonyl (C=O) groups is 1. The van der Waals surface area contributed by atoms with Crippen LogP contribution in [0.2, 0.25) is 0 Å². The summed E-state index contributed by atoms with van der Waals surface area (Å²) in [7, 11) is 1.50. The maximum absolute atomic E-state index is 11.1. The Hall–Kier alpha value is -0.410. The summed E-state index contributed by atoms with van der Waals surface area (Å²) in [6.45, 7) is 4.03. The van der Waals surface area contributed by atoms with Gasteiger partial charge >= 0.3 is 0 Å². The van der Waals surface area contributed by atoms with Crippen molar-refractivity contribution in [1.82, 2.24) is 0 Å². The summed E-state index contributed by atoms with van der Waals surface area (Å²) in [6, 6.07) is 0. The Morgan fingerprint density at radius 2 is 1.92 bits per heavy atom. The van der Waals surface area contributed by atoms with Gasteiger partial charge in [0.05, 0.1) is 5.60 Å².